The highest BCUT2D eigenvalue weighted by Crippen LogP contribution is 2.25. The number of thioether (sulfide) groups is 1. The summed E-state index contributed by atoms with van der Waals surface area (Å²) in [5, 5.41) is 0. The number of piperidine rings is 1. The monoisotopic (exact) mass is 357 g/mol. The van der Waals surface area contributed by atoms with Crippen molar-refractivity contribution < 1.29 is 14.0 Å². The number of benzene rings is 1. The smallest absolute Gasteiger partial charge is 0.257 e. The Hall–Kier alpha value is -2.01. The van der Waals surface area contributed by atoms with Gasteiger partial charge in [0.25, 0.3) is 5.91 Å². The van der Waals surface area contributed by atoms with E-state index >= 15 is 0 Å². The normalized spacial score (nSPS) is 17.6. The first-order valence-electron chi connectivity index (χ1n) is 8.54. The largest absolute Gasteiger partial charge is 0.466 e. The quantitative estimate of drug-likeness (QED) is 0.603. The number of ketones is 1. The van der Waals surface area contributed by atoms with Crippen LogP contribution in [0.4, 0.5) is 0 Å². The topological polar surface area (TPSA) is 50.5 Å². The van der Waals surface area contributed by atoms with Crippen LogP contribution in [0.2, 0.25) is 0 Å². The van der Waals surface area contributed by atoms with E-state index in [1.165, 1.54) is 0 Å². The maximum absolute atomic E-state index is 12.8. The lowest BCUT2D eigenvalue weighted by Crippen LogP contribution is -2.42. The Bertz CT molecular complexity index is 779. The predicted molar refractivity (Wildman–Crippen MR) is 99.4 cm³/mol. The summed E-state index contributed by atoms with van der Waals surface area (Å²) in [6, 6.07) is 9.50. The molecule has 0 N–H and O–H groups in total. The zero-order chi connectivity index (χ0) is 18.0. The van der Waals surface area contributed by atoms with Gasteiger partial charge in [-0.25, -0.2) is 0 Å². The number of rotatable bonds is 4. The van der Waals surface area contributed by atoms with Crippen molar-refractivity contribution in [2.45, 2.75) is 31.6 Å². The van der Waals surface area contributed by atoms with Crippen LogP contribution in [0.15, 0.2) is 39.6 Å². The molecule has 5 heteroatoms. The molecule has 2 aromatic rings. The van der Waals surface area contributed by atoms with Crippen LogP contribution in [0.25, 0.3) is 0 Å². The number of Topliss-reactive ketones (excluding diaryl/α,β-unsaturated/α-hetero) is 1. The van der Waals surface area contributed by atoms with E-state index in [4.69, 9.17) is 4.42 Å². The van der Waals surface area contributed by atoms with Gasteiger partial charge in [-0.2, -0.15) is 0 Å². The Kier molecular flexibility index (Phi) is 5.33. The lowest BCUT2D eigenvalue weighted by atomic mass is 9.89. The highest BCUT2D eigenvalue weighted by molar-refractivity contribution is 7.98. The molecule has 132 valence electrons. The van der Waals surface area contributed by atoms with Crippen LogP contribution >= 0.6 is 11.8 Å². The molecule has 0 saturated carbocycles. The minimum absolute atomic E-state index is 0.0374. The molecule has 2 heterocycles. The van der Waals surface area contributed by atoms with Gasteiger partial charge in [0.2, 0.25) is 0 Å². The molecule has 0 radical (unpaired) electrons. The van der Waals surface area contributed by atoms with Crippen molar-refractivity contribution in [2.75, 3.05) is 19.3 Å². The number of aryl methyl sites for hydroxylation is 2. The third-order valence-corrected chi connectivity index (χ3v) is 5.47. The van der Waals surface area contributed by atoms with Gasteiger partial charge < -0.3 is 9.32 Å². The summed E-state index contributed by atoms with van der Waals surface area (Å²) in [4.78, 5) is 28.5. The summed E-state index contributed by atoms with van der Waals surface area (Å²) in [5.74, 6) is 1.34. The summed E-state index contributed by atoms with van der Waals surface area (Å²) >= 11 is 1.66. The Labute approximate surface area is 152 Å². The van der Waals surface area contributed by atoms with Crippen molar-refractivity contribution >= 4 is 23.5 Å². The molecule has 1 unspecified atom stereocenters. The van der Waals surface area contributed by atoms with Crippen molar-refractivity contribution in [3.63, 3.8) is 0 Å². The summed E-state index contributed by atoms with van der Waals surface area (Å²) in [5.41, 5.74) is 1.34. The Balaban J connectivity index is 1.72. The van der Waals surface area contributed by atoms with Crippen LogP contribution in [-0.4, -0.2) is 35.9 Å². The van der Waals surface area contributed by atoms with Gasteiger partial charge >= 0.3 is 0 Å². The standard InChI is InChI=1S/C20H23NO3S/c1-13-11-18(14(2)24-13)20(23)21-10-4-5-16(12-21)19(22)15-6-8-17(25-3)9-7-15/h6-9,11,16H,4-5,10,12H2,1-3H3. The highest BCUT2D eigenvalue weighted by Gasteiger charge is 2.30. The molecule has 25 heavy (non-hydrogen) atoms. The fraction of sp³-hybridized carbons (Fsp3) is 0.400. The summed E-state index contributed by atoms with van der Waals surface area (Å²) in [6.45, 7) is 4.81. The van der Waals surface area contributed by atoms with Gasteiger partial charge in [0.1, 0.15) is 11.5 Å². The molecule has 1 fully saturated rings. The van der Waals surface area contributed by atoms with Crippen LogP contribution < -0.4 is 0 Å². The molecule has 0 aliphatic carbocycles. The van der Waals surface area contributed by atoms with Crippen molar-refractivity contribution in [3.8, 4) is 0 Å². The molecule has 1 aromatic carbocycles. The van der Waals surface area contributed by atoms with Crippen LogP contribution in [0.5, 0.6) is 0 Å². The van der Waals surface area contributed by atoms with Gasteiger partial charge in [0.05, 0.1) is 5.56 Å². The molecule has 1 aromatic heterocycles. The number of likely N-dealkylation sites (tertiary alicyclic amines) is 1. The van der Waals surface area contributed by atoms with Crippen molar-refractivity contribution in [1.29, 1.82) is 0 Å². The van der Waals surface area contributed by atoms with Gasteiger partial charge in [0, 0.05) is 29.5 Å². The van der Waals surface area contributed by atoms with Crippen molar-refractivity contribution in [3.05, 3.63) is 53.0 Å². The Morgan fingerprint density at radius 2 is 1.92 bits per heavy atom. The molecule has 1 atom stereocenters. The third-order valence-electron chi connectivity index (χ3n) is 4.73. The first kappa shape index (κ1) is 17.8. The molecule has 0 bridgehead atoms. The molecule has 1 saturated heterocycles. The third kappa shape index (κ3) is 3.82. The maximum atomic E-state index is 12.8. The Morgan fingerprint density at radius 3 is 2.52 bits per heavy atom. The lowest BCUT2D eigenvalue weighted by Gasteiger charge is -2.32. The average Bonchev–Trinajstić information content (AvgIpc) is 2.98. The predicted octanol–water partition coefficient (Wildman–Crippen LogP) is 4.35. The van der Waals surface area contributed by atoms with E-state index in [1.807, 2.05) is 37.4 Å². The Morgan fingerprint density at radius 1 is 1.20 bits per heavy atom. The van der Waals surface area contributed by atoms with E-state index in [2.05, 4.69) is 0 Å². The molecule has 3 rings (SSSR count). The minimum Gasteiger partial charge on any atom is -0.466 e. The second-order valence-electron chi connectivity index (χ2n) is 6.51. The van der Waals surface area contributed by atoms with E-state index in [1.54, 1.807) is 29.7 Å². The van der Waals surface area contributed by atoms with Gasteiger partial charge in [-0.3, -0.25) is 9.59 Å². The molecule has 1 aliphatic rings. The van der Waals surface area contributed by atoms with Crippen molar-refractivity contribution in [1.82, 2.24) is 4.90 Å². The second-order valence-corrected chi connectivity index (χ2v) is 7.39. The zero-order valence-electron chi connectivity index (χ0n) is 14.9. The van der Waals surface area contributed by atoms with Gasteiger partial charge in [0.15, 0.2) is 5.78 Å². The number of carbonyl (C=O) groups is 2. The van der Waals surface area contributed by atoms with Crippen LogP contribution in [0.1, 0.15) is 45.1 Å². The van der Waals surface area contributed by atoms with E-state index in [9.17, 15) is 9.59 Å². The number of nitrogens with zero attached hydrogens (tertiary/aromatic N) is 1. The second kappa shape index (κ2) is 7.48. The number of hydrogen-bond acceptors (Lipinski definition) is 4. The van der Waals surface area contributed by atoms with Gasteiger partial charge in [-0.15, -0.1) is 11.8 Å². The summed E-state index contributed by atoms with van der Waals surface area (Å²) in [7, 11) is 0. The van der Waals surface area contributed by atoms with Gasteiger partial charge in [-0.05, 0) is 51.1 Å². The van der Waals surface area contributed by atoms with Crippen LogP contribution in [0.3, 0.4) is 0 Å². The average molecular weight is 357 g/mol. The molecular weight excluding hydrogens is 334 g/mol. The first-order chi connectivity index (χ1) is 12.0. The van der Waals surface area contributed by atoms with E-state index < -0.39 is 0 Å². The maximum Gasteiger partial charge on any atom is 0.257 e. The highest BCUT2D eigenvalue weighted by atomic mass is 32.2. The van der Waals surface area contributed by atoms with Crippen molar-refractivity contribution in [2.24, 2.45) is 5.92 Å². The van der Waals surface area contributed by atoms with Gasteiger partial charge in [-0.1, -0.05) is 12.1 Å². The first-order valence-corrected chi connectivity index (χ1v) is 9.76. The fourth-order valence-electron chi connectivity index (χ4n) is 3.38. The number of furan rings is 1. The number of amides is 1. The molecule has 1 aliphatic heterocycles. The van der Waals surface area contributed by atoms with Crippen LogP contribution in [0, 0.1) is 19.8 Å². The fourth-order valence-corrected chi connectivity index (χ4v) is 3.79. The molecule has 4 nitrogen and oxygen atoms in total. The van der Waals surface area contributed by atoms with E-state index in [0.717, 1.165) is 29.1 Å². The van der Waals surface area contributed by atoms with Crippen LogP contribution in [-0.2, 0) is 0 Å². The van der Waals surface area contributed by atoms with E-state index in [0.29, 0.717) is 24.4 Å². The number of carbonyl (C=O) groups excluding carboxylic acids is 2. The minimum atomic E-state index is -0.133. The summed E-state index contributed by atoms with van der Waals surface area (Å²) < 4.78 is 5.48. The van der Waals surface area contributed by atoms with E-state index in [-0.39, 0.29) is 17.6 Å². The zero-order valence-corrected chi connectivity index (χ0v) is 15.7. The molecular formula is C20H23NO3S. The summed E-state index contributed by atoms with van der Waals surface area (Å²) in [6.07, 6.45) is 3.69. The molecule has 1 amide bonds. The SMILES string of the molecule is CSc1ccc(C(=O)C2CCCN(C(=O)c3cc(C)oc3C)C2)cc1. The lowest BCUT2D eigenvalue weighted by molar-refractivity contribution is 0.0635. The molecule has 0 spiro atoms. The number of hydrogen-bond donors (Lipinski definition) is 0.